The van der Waals surface area contributed by atoms with Crippen molar-refractivity contribution >= 4 is 17.6 Å². The van der Waals surface area contributed by atoms with Crippen LogP contribution in [-0.2, 0) is 14.3 Å². The van der Waals surface area contributed by atoms with E-state index in [2.05, 4.69) is 5.32 Å². The Morgan fingerprint density at radius 2 is 1.74 bits per heavy atom. The smallest absolute Gasteiger partial charge is 0.347 e. The molecule has 0 heterocycles. The molecule has 1 N–H and O–H groups in total. The van der Waals surface area contributed by atoms with Crippen molar-refractivity contribution in [1.82, 2.24) is 0 Å². The summed E-state index contributed by atoms with van der Waals surface area (Å²) in [5.41, 5.74) is 2.70. The molecule has 0 aliphatic carbocycles. The van der Waals surface area contributed by atoms with Gasteiger partial charge in [0.05, 0.1) is 0 Å². The molecule has 2 aromatic carbocycles. The molecule has 2 aromatic rings. The van der Waals surface area contributed by atoms with E-state index in [4.69, 9.17) is 9.47 Å². The first kappa shape index (κ1) is 20.4. The normalized spacial score (nSPS) is 11.8. The lowest BCUT2D eigenvalue weighted by Gasteiger charge is -2.17. The first-order valence-corrected chi connectivity index (χ1v) is 8.76. The molecule has 1 atom stereocenters. The van der Waals surface area contributed by atoms with Gasteiger partial charge in [0.15, 0.2) is 12.7 Å². The van der Waals surface area contributed by atoms with Crippen LogP contribution in [0.15, 0.2) is 42.5 Å². The second-order valence-corrected chi connectivity index (χ2v) is 6.56. The molecule has 0 bridgehead atoms. The van der Waals surface area contributed by atoms with E-state index in [1.807, 2.05) is 39.0 Å². The summed E-state index contributed by atoms with van der Waals surface area (Å²) in [6.07, 6.45) is -0.923. The van der Waals surface area contributed by atoms with Crippen LogP contribution in [0.5, 0.6) is 5.75 Å². The van der Waals surface area contributed by atoms with E-state index in [0.29, 0.717) is 5.75 Å². The number of amides is 1. The van der Waals surface area contributed by atoms with Crippen LogP contribution >= 0.6 is 0 Å². The van der Waals surface area contributed by atoms with Gasteiger partial charge in [0.25, 0.3) is 5.91 Å². The Labute approximate surface area is 158 Å². The zero-order valence-electron chi connectivity index (χ0n) is 15.9. The first-order valence-electron chi connectivity index (χ1n) is 8.76. The number of benzene rings is 2. The number of hydrogen-bond acceptors (Lipinski definition) is 4. The summed E-state index contributed by atoms with van der Waals surface area (Å²) in [6.45, 7) is 7.08. The molecule has 0 aliphatic heterocycles. The van der Waals surface area contributed by atoms with Gasteiger partial charge < -0.3 is 14.8 Å². The maximum atomic E-state index is 12.9. The molecule has 2 rings (SSSR count). The van der Waals surface area contributed by atoms with Crippen LogP contribution in [0.1, 0.15) is 37.8 Å². The molecular formula is C21H24FNO4. The van der Waals surface area contributed by atoms with Gasteiger partial charge in [-0.05, 0) is 55.2 Å². The summed E-state index contributed by atoms with van der Waals surface area (Å²) >= 11 is 0. The molecular weight excluding hydrogens is 349 g/mol. The van der Waals surface area contributed by atoms with Crippen LogP contribution in [0.3, 0.4) is 0 Å². The third kappa shape index (κ3) is 5.81. The first-order chi connectivity index (χ1) is 12.8. The van der Waals surface area contributed by atoms with E-state index in [1.165, 1.54) is 31.2 Å². The SMILES string of the molecule is Cc1cccc(C(C)C)c1NC(=O)COC(=O)[C@@H](C)Oc1ccc(F)cc1. The number of esters is 1. The Hall–Kier alpha value is -2.89. The van der Waals surface area contributed by atoms with E-state index >= 15 is 0 Å². The summed E-state index contributed by atoms with van der Waals surface area (Å²) in [5, 5.41) is 2.81. The molecule has 0 aromatic heterocycles. The van der Waals surface area contributed by atoms with E-state index in [1.54, 1.807) is 0 Å². The van der Waals surface area contributed by atoms with Gasteiger partial charge in [-0.2, -0.15) is 0 Å². The largest absolute Gasteiger partial charge is 0.479 e. The van der Waals surface area contributed by atoms with Crippen molar-refractivity contribution < 1.29 is 23.5 Å². The van der Waals surface area contributed by atoms with Crippen molar-refractivity contribution in [2.24, 2.45) is 0 Å². The third-order valence-corrected chi connectivity index (χ3v) is 4.00. The van der Waals surface area contributed by atoms with Gasteiger partial charge in [-0.25, -0.2) is 9.18 Å². The fourth-order valence-electron chi connectivity index (χ4n) is 2.54. The number of rotatable bonds is 7. The summed E-state index contributed by atoms with van der Waals surface area (Å²) in [7, 11) is 0. The van der Waals surface area contributed by atoms with Gasteiger partial charge in [0, 0.05) is 5.69 Å². The Balaban J connectivity index is 1.90. The molecule has 0 spiro atoms. The van der Waals surface area contributed by atoms with Gasteiger partial charge in [-0.3, -0.25) is 4.79 Å². The van der Waals surface area contributed by atoms with Crippen LogP contribution in [0.2, 0.25) is 0 Å². The second kappa shape index (κ2) is 9.16. The lowest BCUT2D eigenvalue weighted by atomic mass is 9.98. The highest BCUT2D eigenvalue weighted by atomic mass is 19.1. The quantitative estimate of drug-likeness (QED) is 0.739. The van der Waals surface area contributed by atoms with E-state index < -0.39 is 30.4 Å². The van der Waals surface area contributed by atoms with E-state index in [9.17, 15) is 14.0 Å². The number of nitrogens with one attached hydrogen (secondary N) is 1. The summed E-state index contributed by atoms with van der Waals surface area (Å²) in [6, 6.07) is 11.1. The molecule has 0 fully saturated rings. The molecule has 6 heteroatoms. The minimum Gasteiger partial charge on any atom is -0.479 e. The van der Waals surface area contributed by atoms with Crippen LogP contribution < -0.4 is 10.1 Å². The molecule has 5 nitrogen and oxygen atoms in total. The van der Waals surface area contributed by atoms with Gasteiger partial charge in [0.2, 0.25) is 0 Å². The third-order valence-electron chi connectivity index (χ3n) is 4.00. The molecule has 0 aliphatic rings. The van der Waals surface area contributed by atoms with Crippen molar-refractivity contribution in [1.29, 1.82) is 0 Å². The average Bonchev–Trinajstić information content (AvgIpc) is 2.63. The summed E-state index contributed by atoms with van der Waals surface area (Å²) < 4.78 is 23.3. The topological polar surface area (TPSA) is 64.6 Å². The Morgan fingerprint density at radius 1 is 1.07 bits per heavy atom. The Kier molecular flexibility index (Phi) is 6.93. The fourth-order valence-corrected chi connectivity index (χ4v) is 2.54. The van der Waals surface area contributed by atoms with Crippen LogP contribution in [0.4, 0.5) is 10.1 Å². The minimum atomic E-state index is -0.923. The van der Waals surface area contributed by atoms with Crippen molar-refractivity contribution in [3.63, 3.8) is 0 Å². The number of para-hydroxylation sites is 1. The van der Waals surface area contributed by atoms with Crippen molar-refractivity contribution in [3.05, 3.63) is 59.4 Å². The lowest BCUT2D eigenvalue weighted by Crippen LogP contribution is -2.30. The number of ether oxygens (including phenoxy) is 2. The highest BCUT2D eigenvalue weighted by Crippen LogP contribution is 2.27. The highest BCUT2D eigenvalue weighted by molar-refractivity contribution is 5.94. The minimum absolute atomic E-state index is 0.242. The highest BCUT2D eigenvalue weighted by Gasteiger charge is 2.19. The molecule has 27 heavy (non-hydrogen) atoms. The molecule has 0 radical (unpaired) electrons. The number of carbonyl (C=O) groups excluding carboxylic acids is 2. The fraction of sp³-hybridized carbons (Fsp3) is 0.333. The molecule has 0 saturated heterocycles. The summed E-state index contributed by atoms with van der Waals surface area (Å²) in [5.74, 6) is -0.915. The van der Waals surface area contributed by atoms with Crippen molar-refractivity contribution in [2.75, 3.05) is 11.9 Å². The monoisotopic (exact) mass is 373 g/mol. The zero-order chi connectivity index (χ0) is 20.0. The molecule has 144 valence electrons. The number of hydrogen-bond donors (Lipinski definition) is 1. The van der Waals surface area contributed by atoms with Crippen LogP contribution in [0, 0.1) is 12.7 Å². The molecule has 0 unspecified atom stereocenters. The number of halogens is 1. The van der Waals surface area contributed by atoms with Crippen LogP contribution in [-0.4, -0.2) is 24.6 Å². The van der Waals surface area contributed by atoms with E-state index in [-0.39, 0.29) is 5.92 Å². The zero-order valence-corrected chi connectivity index (χ0v) is 15.9. The standard InChI is InChI=1S/C21H24FNO4/c1-13(2)18-7-5-6-14(3)20(18)23-19(24)12-26-21(25)15(4)27-17-10-8-16(22)9-11-17/h5-11,13,15H,12H2,1-4H3,(H,23,24)/t15-/m1/s1. The average molecular weight is 373 g/mol. The lowest BCUT2D eigenvalue weighted by molar-refractivity contribution is -0.153. The van der Waals surface area contributed by atoms with Gasteiger partial charge in [-0.15, -0.1) is 0 Å². The van der Waals surface area contributed by atoms with Gasteiger partial charge in [0.1, 0.15) is 11.6 Å². The van der Waals surface area contributed by atoms with Gasteiger partial charge in [-0.1, -0.05) is 32.0 Å². The summed E-state index contributed by atoms with van der Waals surface area (Å²) in [4.78, 5) is 24.2. The van der Waals surface area contributed by atoms with Gasteiger partial charge >= 0.3 is 5.97 Å². The number of anilines is 1. The van der Waals surface area contributed by atoms with Crippen molar-refractivity contribution in [2.45, 2.75) is 39.7 Å². The van der Waals surface area contributed by atoms with E-state index in [0.717, 1.165) is 16.8 Å². The number of carbonyl (C=O) groups is 2. The predicted molar refractivity (Wildman–Crippen MR) is 101 cm³/mol. The van der Waals surface area contributed by atoms with Crippen LogP contribution in [0.25, 0.3) is 0 Å². The maximum Gasteiger partial charge on any atom is 0.347 e. The molecule has 0 saturated carbocycles. The predicted octanol–water partition coefficient (Wildman–Crippen LogP) is 4.21. The Bertz CT molecular complexity index is 802. The molecule has 1 amide bonds. The van der Waals surface area contributed by atoms with Crippen molar-refractivity contribution in [3.8, 4) is 5.75 Å². The number of aryl methyl sites for hydroxylation is 1. The second-order valence-electron chi connectivity index (χ2n) is 6.56. The maximum absolute atomic E-state index is 12.9. The Morgan fingerprint density at radius 3 is 2.37 bits per heavy atom.